The first-order valence-corrected chi connectivity index (χ1v) is 23.3. The number of para-hydroxylation sites is 1. The number of hydrogen-bond donors (Lipinski definition) is 0. The number of anilines is 2. The highest BCUT2D eigenvalue weighted by Gasteiger charge is 2.44. The van der Waals surface area contributed by atoms with Gasteiger partial charge in [0.1, 0.15) is 0 Å². The molecule has 3 aliphatic carbocycles. The summed E-state index contributed by atoms with van der Waals surface area (Å²) in [5.41, 5.74) is 16.5. The van der Waals surface area contributed by atoms with Crippen LogP contribution in [0.15, 0.2) is 206 Å². The molecule has 65 heavy (non-hydrogen) atoms. The normalized spacial score (nSPS) is 16.1. The third-order valence-electron chi connectivity index (χ3n) is 14.9. The lowest BCUT2D eigenvalue weighted by atomic mass is 9.74. The van der Waals surface area contributed by atoms with Crippen molar-refractivity contribution in [2.75, 3.05) is 4.90 Å². The molecule has 0 N–H and O–H groups in total. The average molecular weight is 833 g/mol. The molecule has 2 nitrogen and oxygen atoms in total. The smallest absolute Gasteiger partial charge is 0.0626 e. The number of hydrogen-bond acceptors (Lipinski definition) is 1. The van der Waals surface area contributed by atoms with Gasteiger partial charge in [-0.15, -0.1) is 0 Å². The van der Waals surface area contributed by atoms with E-state index in [2.05, 4.69) is 236 Å². The maximum Gasteiger partial charge on any atom is 0.0626 e. The number of nitrogens with zero attached hydrogens (tertiary/aromatic N) is 2. The highest BCUT2D eigenvalue weighted by atomic mass is 15.1. The maximum absolute atomic E-state index is 2.51. The molecule has 0 aliphatic heterocycles. The van der Waals surface area contributed by atoms with Crippen LogP contribution >= 0.6 is 0 Å². The summed E-state index contributed by atoms with van der Waals surface area (Å²) in [6.07, 6.45) is 12.8. The van der Waals surface area contributed by atoms with E-state index in [9.17, 15) is 0 Å². The van der Waals surface area contributed by atoms with Gasteiger partial charge in [-0.3, -0.25) is 0 Å². The van der Waals surface area contributed by atoms with Gasteiger partial charge in [-0.05, 0) is 145 Å². The third-order valence-corrected chi connectivity index (χ3v) is 14.9. The van der Waals surface area contributed by atoms with Crippen LogP contribution in [0.2, 0.25) is 0 Å². The van der Waals surface area contributed by atoms with Gasteiger partial charge in [0.05, 0.1) is 11.0 Å². The fraction of sp³-hybridized carbons (Fsp3) is 0.111. The van der Waals surface area contributed by atoms with Crippen molar-refractivity contribution in [1.29, 1.82) is 0 Å². The monoisotopic (exact) mass is 832 g/mol. The zero-order valence-electron chi connectivity index (χ0n) is 36.8. The number of allylic oxidation sites excluding steroid dienone is 4. The van der Waals surface area contributed by atoms with Gasteiger partial charge < -0.3 is 9.47 Å². The number of fused-ring (bicyclic) bond motifs is 13. The lowest BCUT2D eigenvalue weighted by molar-refractivity contribution is 0.406. The molecule has 2 heteroatoms. The number of benzene rings is 9. The molecular weight excluding hydrogens is 785 g/mol. The van der Waals surface area contributed by atoms with Gasteiger partial charge in [0.25, 0.3) is 0 Å². The van der Waals surface area contributed by atoms with Crippen LogP contribution in [0.5, 0.6) is 0 Å². The summed E-state index contributed by atoms with van der Waals surface area (Å²) in [7, 11) is 0. The average Bonchev–Trinajstić information content (AvgIpc) is 3.83. The molecule has 1 unspecified atom stereocenters. The molecule has 3 aliphatic rings. The second-order valence-electron chi connectivity index (χ2n) is 18.7. The molecule has 0 amide bonds. The lowest BCUT2D eigenvalue weighted by Gasteiger charge is -2.36. The summed E-state index contributed by atoms with van der Waals surface area (Å²) in [4.78, 5) is 2.48. The minimum Gasteiger partial charge on any atom is -0.314 e. The van der Waals surface area contributed by atoms with E-state index in [1.165, 1.54) is 110 Å². The Hall–Kier alpha value is -7.68. The molecule has 0 fully saturated rings. The second-order valence-corrected chi connectivity index (χ2v) is 18.7. The molecule has 1 heterocycles. The highest BCUT2D eigenvalue weighted by Crippen LogP contribution is 2.55. The van der Waals surface area contributed by atoms with Crippen molar-refractivity contribution in [2.24, 2.45) is 5.92 Å². The number of rotatable bonds is 6. The Morgan fingerprint density at radius 1 is 0.492 bits per heavy atom. The summed E-state index contributed by atoms with van der Waals surface area (Å²) in [6, 6.07) is 69.9. The van der Waals surface area contributed by atoms with Gasteiger partial charge in [-0.1, -0.05) is 178 Å². The van der Waals surface area contributed by atoms with E-state index in [1.54, 1.807) is 0 Å². The quantitative estimate of drug-likeness (QED) is 0.152. The summed E-state index contributed by atoms with van der Waals surface area (Å²) in [6.45, 7) is 4.85. The molecule has 0 saturated carbocycles. The Balaban J connectivity index is 0.901. The van der Waals surface area contributed by atoms with Crippen molar-refractivity contribution in [2.45, 2.75) is 38.5 Å². The first-order valence-electron chi connectivity index (χ1n) is 23.3. The molecular formula is C63H48N2. The topological polar surface area (TPSA) is 8.17 Å². The van der Waals surface area contributed by atoms with E-state index in [-0.39, 0.29) is 5.41 Å². The molecule has 0 saturated heterocycles. The van der Waals surface area contributed by atoms with Crippen LogP contribution in [-0.2, 0) is 5.41 Å². The van der Waals surface area contributed by atoms with Crippen LogP contribution in [0, 0.1) is 5.92 Å². The first-order chi connectivity index (χ1) is 32.0. The van der Waals surface area contributed by atoms with Crippen molar-refractivity contribution < 1.29 is 0 Å². The fourth-order valence-corrected chi connectivity index (χ4v) is 11.7. The Labute approximate surface area is 380 Å². The Bertz CT molecular complexity index is 3730. The van der Waals surface area contributed by atoms with Crippen LogP contribution in [0.25, 0.3) is 89.0 Å². The minimum atomic E-state index is 0.0394. The Kier molecular flexibility index (Phi) is 8.55. The van der Waals surface area contributed by atoms with Crippen LogP contribution in [-0.4, -0.2) is 4.57 Å². The molecule has 0 spiro atoms. The molecule has 0 bridgehead atoms. The molecule has 9 aromatic carbocycles. The molecule has 1 atom stereocenters. The molecule has 0 radical (unpaired) electrons. The molecule has 1 aromatic heterocycles. The first kappa shape index (κ1) is 37.8. The predicted octanol–water partition coefficient (Wildman–Crippen LogP) is 15.2. The van der Waals surface area contributed by atoms with Crippen LogP contribution in [0.1, 0.15) is 44.2 Å². The van der Waals surface area contributed by atoms with Crippen molar-refractivity contribution in [3.05, 3.63) is 227 Å². The van der Waals surface area contributed by atoms with E-state index in [4.69, 9.17) is 0 Å². The summed E-state index contributed by atoms with van der Waals surface area (Å²) in [5.74, 6) is 0.400. The molecule has 310 valence electrons. The largest absolute Gasteiger partial charge is 0.314 e. The molecule has 13 rings (SSSR count). The van der Waals surface area contributed by atoms with Gasteiger partial charge in [0.15, 0.2) is 0 Å². The maximum atomic E-state index is 2.51. The van der Waals surface area contributed by atoms with Crippen molar-refractivity contribution in [1.82, 2.24) is 4.57 Å². The molecule has 10 aromatic rings. The van der Waals surface area contributed by atoms with E-state index in [0.717, 1.165) is 24.9 Å². The predicted molar refractivity (Wildman–Crippen MR) is 276 cm³/mol. The van der Waals surface area contributed by atoms with E-state index in [0.29, 0.717) is 5.92 Å². The van der Waals surface area contributed by atoms with Crippen molar-refractivity contribution >= 4 is 72.5 Å². The highest BCUT2D eigenvalue weighted by molar-refractivity contribution is 6.32. The third kappa shape index (κ3) is 5.87. The Morgan fingerprint density at radius 3 is 1.83 bits per heavy atom. The summed E-state index contributed by atoms with van der Waals surface area (Å²) < 4.78 is 2.51. The van der Waals surface area contributed by atoms with Gasteiger partial charge in [0, 0.05) is 38.9 Å². The zero-order valence-corrected chi connectivity index (χ0v) is 36.8. The van der Waals surface area contributed by atoms with Gasteiger partial charge in [-0.25, -0.2) is 0 Å². The minimum absolute atomic E-state index is 0.0394. The van der Waals surface area contributed by atoms with E-state index < -0.39 is 0 Å². The van der Waals surface area contributed by atoms with Crippen molar-refractivity contribution in [3.8, 4) is 27.9 Å². The van der Waals surface area contributed by atoms with E-state index >= 15 is 0 Å². The fourth-order valence-electron chi connectivity index (χ4n) is 11.7. The van der Waals surface area contributed by atoms with Gasteiger partial charge >= 0.3 is 0 Å². The van der Waals surface area contributed by atoms with Gasteiger partial charge in [0.2, 0.25) is 0 Å². The number of aromatic nitrogens is 1. The summed E-state index contributed by atoms with van der Waals surface area (Å²) in [5, 5.41) is 10.7. The van der Waals surface area contributed by atoms with Crippen LogP contribution in [0.4, 0.5) is 11.4 Å². The SMILES string of the molecule is CC1(C)c2ccccc2C2=CC=C(N(c3ccc(-c4ccccc4)cc3)c3ccc(-c4ccc(-n5c6ccccc6c6c7c8c(ccc7c7ccccc7c65)=CCCC=8)cc4)cc3)CC21. The standard InChI is InChI=1S/C63H48N2/c1-63(2)57-22-12-10-19-52(57)53-39-37-49(40-58(53)63)64(46-31-24-42(25-32-46)41-14-4-3-5-15-41)47-33-26-43(27-34-47)44-28-35-48(36-29-44)65-59-23-13-11-21-56(59)61-60-50-17-7-6-16-45(50)30-38-54(60)51-18-8-9-20-55(51)62(61)65/h3-5,8-39,58H,6-7,40H2,1-2H3. The zero-order chi connectivity index (χ0) is 43.2. The van der Waals surface area contributed by atoms with Crippen molar-refractivity contribution in [3.63, 3.8) is 0 Å². The van der Waals surface area contributed by atoms with Crippen LogP contribution < -0.4 is 15.3 Å². The Morgan fingerprint density at radius 2 is 1.09 bits per heavy atom. The lowest BCUT2D eigenvalue weighted by Crippen LogP contribution is -2.28. The van der Waals surface area contributed by atoms with Crippen LogP contribution in [0.3, 0.4) is 0 Å². The second kappa shape index (κ2) is 14.7. The van der Waals surface area contributed by atoms with Gasteiger partial charge in [-0.2, -0.15) is 0 Å². The summed E-state index contributed by atoms with van der Waals surface area (Å²) >= 11 is 0. The van der Waals surface area contributed by atoms with E-state index in [1.807, 2.05) is 0 Å².